The topological polar surface area (TPSA) is 29.5 Å². The fourth-order valence-electron chi connectivity index (χ4n) is 2.98. The lowest BCUT2D eigenvalue weighted by atomic mass is 9.89. The lowest BCUT2D eigenvalue weighted by Gasteiger charge is -2.20. The number of carbonyl (C=O) groups excluding carboxylic acids is 1. The molecule has 1 rings (SSSR count). The van der Waals surface area contributed by atoms with Crippen LogP contribution < -0.4 is 0 Å². The van der Waals surface area contributed by atoms with Gasteiger partial charge in [0, 0.05) is 6.54 Å². The Balaban J connectivity index is 2.62. The van der Waals surface area contributed by atoms with Crippen molar-refractivity contribution in [2.45, 2.75) is 59.8 Å². The van der Waals surface area contributed by atoms with Gasteiger partial charge in [0.25, 0.3) is 0 Å². The molecule has 0 bridgehead atoms. The highest BCUT2D eigenvalue weighted by Crippen LogP contribution is 2.27. The van der Waals surface area contributed by atoms with E-state index in [0.717, 1.165) is 44.5 Å². The summed E-state index contributed by atoms with van der Waals surface area (Å²) in [4.78, 5) is 15.0. The lowest BCUT2D eigenvalue weighted by molar-refractivity contribution is -0.146. The molecular weight excluding hydrogens is 298 g/mol. The van der Waals surface area contributed by atoms with Gasteiger partial charge in [0.15, 0.2) is 0 Å². The number of ether oxygens (including phenoxy) is 1. The summed E-state index contributed by atoms with van der Waals surface area (Å²) < 4.78 is 5.62. The van der Waals surface area contributed by atoms with Gasteiger partial charge in [0.1, 0.15) is 0 Å². The van der Waals surface area contributed by atoms with Crippen molar-refractivity contribution in [2.75, 3.05) is 26.2 Å². The highest BCUT2D eigenvalue weighted by molar-refractivity contribution is 5.78. The van der Waals surface area contributed by atoms with E-state index < -0.39 is 0 Å². The van der Waals surface area contributed by atoms with Crippen LogP contribution in [0.25, 0.3) is 0 Å². The first kappa shape index (κ1) is 20.7. The molecule has 0 aliphatic carbocycles. The van der Waals surface area contributed by atoms with E-state index in [1.165, 1.54) is 5.56 Å². The first-order chi connectivity index (χ1) is 11.5. The number of rotatable bonds is 11. The van der Waals surface area contributed by atoms with Gasteiger partial charge in [-0.25, -0.2) is 0 Å². The van der Waals surface area contributed by atoms with Gasteiger partial charge in [-0.2, -0.15) is 0 Å². The zero-order valence-corrected chi connectivity index (χ0v) is 16.2. The fraction of sp³-hybridized carbons (Fsp3) is 0.667. The molecular formula is C21H35NO2. The first-order valence-corrected chi connectivity index (χ1v) is 9.44. The zero-order chi connectivity index (χ0) is 17.9. The van der Waals surface area contributed by atoms with Crippen LogP contribution in [-0.2, 0) is 9.53 Å². The SMILES string of the molecule is CCN(CC)CCCOC(=O)C(CCC(C)C)c1ccccc1C. The maximum Gasteiger partial charge on any atom is 0.313 e. The van der Waals surface area contributed by atoms with E-state index in [4.69, 9.17) is 4.74 Å². The summed E-state index contributed by atoms with van der Waals surface area (Å²) >= 11 is 0. The number of hydrogen-bond acceptors (Lipinski definition) is 3. The average molecular weight is 334 g/mol. The molecule has 1 aromatic carbocycles. The van der Waals surface area contributed by atoms with Crippen LogP contribution >= 0.6 is 0 Å². The van der Waals surface area contributed by atoms with Crippen molar-refractivity contribution in [1.29, 1.82) is 0 Å². The summed E-state index contributed by atoms with van der Waals surface area (Å²) in [6.45, 7) is 14.4. The molecule has 1 aromatic rings. The Morgan fingerprint density at radius 3 is 2.38 bits per heavy atom. The van der Waals surface area contributed by atoms with E-state index in [2.05, 4.69) is 51.7 Å². The Morgan fingerprint density at radius 2 is 1.79 bits per heavy atom. The van der Waals surface area contributed by atoms with Crippen LogP contribution in [0.4, 0.5) is 0 Å². The Morgan fingerprint density at radius 1 is 1.12 bits per heavy atom. The molecule has 3 nitrogen and oxygen atoms in total. The molecule has 0 aliphatic heterocycles. The molecule has 0 amide bonds. The maximum atomic E-state index is 12.7. The van der Waals surface area contributed by atoms with Crippen LogP contribution in [-0.4, -0.2) is 37.1 Å². The van der Waals surface area contributed by atoms with Gasteiger partial charge in [-0.15, -0.1) is 0 Å². The number of benzene rings is 1. The summed E-state index contributed by atoms with van der Waals surface area (Å²) in [6.07, 6.45) is 2.79. The third-order valence-electron chi connectivity index (χ3n) is 4.64. The predicted octanol–water partition coefficient (Wildman–Crippen LogP) is 4.79. The molecule has 0 aliphatic rings. The smallest absolute Gasteiger partial charge is 0.313 e. The van der Waals surface area contributed by atoms with Gasteiger partial charge in [-0.05, 0) is 56.3 Å². The van der Waals surface area contributed by atoms with Gasteiger partial charge in [0.05, 0.1) is 12.5 Å². The van der Waals surface area contributed by atoms with Crippen LogP contribution in [0, 0.1) is 12.8 Å². The zero-order valence-electron chi connectivity index (χ0n) is 16.2. The van der Waals surface area contributed by atoms with Crippen LogP contribution in [0.2, 0.25) is 0 Å². The molecule has 0 heterocycles. The van der Waals surface area contributed by atoms with E-state index in [0.29, 0.717) is 12.5 Å². The molecule has 136 valence electrons. The minimum Gasteiger partial charge on any atom is -0.465 e. The summed E-state index contributed by atoms with van der Waals surface area (Å²) in [6, 6.07) is 8.18. The lowest BCUT2D eigenvalue weighted by Crippen LogP contribution is -2.26. The monoisotopic (exact) mass is 333 g/mol. The highest BCUT2D eigenvalue weighted by Gasteiger charge is 2.23. The second kappa shape index (κ2) is 11.2. The molecule has 0 saturated carbocycles. The summed E-state index contributed by atoms with van der Waals surface area (Å²) in [7, 11) is 0. The number of carbonyl (C=O) groups is 1. The van der Waals surface area contributed by atoms with Crippen molar-refractivity contribution in [3.05, 3.63) is 35.4 Å². The van der Waals surface area contributed by atoms with E-state index in [-0.39, 0.29) is 11.9 Å². The molecule has 0 radical (unpaired) electrons. The van der Waals surface area contributed by atoms with Crippen molar-refractivity contribution in [3.63, 3.8) is 0 Å². The molecule has 0 aromatic heterocycles. The molecule has 0 saturated heterocycles. The Labute approximate surface area is 148 Å². The summed E-state index contributed by atoms with van der Waals surface area (Å²) in [5.74, 6) is 0.388. The van der Waals surface area contributed by atoms with E-state index in [9.17, 15) is 4.79 Å². The van der Waals surface area contributed by atoms with E-state index >= 15 is 0 Å². The normalized spacial score (nSPS) is 12.6. The molecule has 0 N–H and O–H groups in total. The standard InChI is InChI=1S/C21H35NO2/c1-6-22(7-2)15-10-16-24-21(23)20(14-13-17(3)4)19-12-9-8-11-18(19)5/h8-9,11-12,17,20H,6-7,10,13-16H2,1-5H3. The van der Waals surface area contributed by atoms with Crippen molar-refractivity contribution in [3.8, 4) is 0 Å². The van der Waals surface area contributed by atoms with Crippen LogP contribution in [0.15, 0.2) is 24.3 Å². The molecule has 0 fully saturated rings. The largest absolute Gasteiger partial charge is 0.465 e. The van der Waals surface area contributed by atoms with Crippen molar-refractivity contribution in [2.24, 2.45) is 5.92 Å². The van der Waals surface area contributed by atoms with Gasteiger partial charge in [0.2, 0.25) is 0 Å². The number of aryl methyl sites for hydroxylation is 1. The summed E-state index contributed by atoms with van der Waals surface area (Å²) in [5, 5.41) is 0. The van der Waals surface area contributed by atoms with Crippen LogP contribution in [0.1, 0.15) is 64.0 Å². The summed E-state index contributed by atoms with van der Waals surface area (Å²) in [5.41, 5.74) is 2.29. The number of hydrogen-bond donors (Lipinski definition) is 0. The minimum atomic E-state index is -0.137. The van der Waals surface area contributed by atoms with Crippen molar-refractivity contribution in [1.82, 2.24) is 4.90 Å². The third kappa shape index (κ3) is 7.04. The fourth-order valence-corrected chi connectivity index (χ4v) is 2.98. The Hall–Kier alpha value is -1.35. The van der Waals surface area contributed by atoms with Gasteiger partial charge in [-0.1, -0.05) is 52.0 Å². The van der Waals surface area contributed by atoms with Gasteiger partial charge < -0.3 is 9.64 Å². The second-order valence-corrected chi connectivity index (χ2v) is 6.93. The van der Waals surface area contributed by atoms with E-state index in [1.54, 1.807) is 0 Å². The molecule has 24 heavy (non-hydrogen) atoms. The van der Waals surface area contributed by atoms with Gasteiger partial charge >= 0.3 is 5.97 Å². The van der Waals surface area contributed by atoms with Crippen LogP contribution in [0.3, 0.4) is 0 Å². The van der Waals surface area contributed by atoms with Crippen molar-refractivity contribution >= 4 is 5.97 Å². The number of nitrogens with zero attached hydrogens (tertiary/aromatic N) is 1. The van der Waals surface area contributed by atoms with Crippen LogP contribution in [0.5, 0.6) is 0 Å². The van der Waals surface area contributed by atoms with Gasteiger partial charge in [-0.3, -0.25) is 4.79 Å². The predicted molar refractivity (Wildman–Crippen MR) is 101 cm³/mol. The number of esters is 1. The van der Waals surface area contributed by atoms with E-state index in [1.807, 2.05) is 12.1 Å². The molecule has 0 spiro atoms. The first-order valence-electron chi connectivity index (χ1n) is 9.44. The molecule has 1 atom stereocenters. The average Bonchev–Trinajstić information content (AvgIpc) is 2.56. The minimum absolute atomic E-state index is 0.0653. The quantitative estimate of drug-likeness (QED) is 0.431. The maximum absolute atomic E-state index is 12.7. The highest BCUT2D eigenvalue weighted by atomic mass is 16.5. The Bertz CT molecular complexity index is 480. The Kier molecular flexibility index (Phi) is 9.70. The van der Waals surface area contributed by atoms with Crippen molar-refractivity contribution < 1.29 is 9.53 Å². The third-order valence-corrected chi connectivity index (χ3v) is 4.64. The second-order valence-electron chi connectivity index (χ2n) is 6.93. The molecule has 3 heteroatoms. The molecule has 1 unspecified atom stereocenters.